The van der Waals surface area contributed by atoms with Crippen LogP contribution in [0, 0.1) is 5.82 Å². The van der Waals surface area contributed by atoms with Gasteiger partial charge in [-0.2, -0.15) is 0 Å². The highest BCUT2D eigenvalue weighted by molar-refractivity contribution is 6.04. The monoisotopic (exact) mass is 350 g/mol. The molecule has 0 radical (unpaired) electrons. The van der Waals surface area contributed by atoms with Crippen molar-refractivity contribution in [1.82, 2.24) is 20.2 Å². The number of ether oxygens (including phenoxy) is 1. The fourth-order valence-electron chi connectivity index (χ4n) is 3.05. The zero-order valence-electron chi connectivity index (χ0n) is 13.6. The van der Waals surface area contributed by atoms with E-state index in [9.17, 15) is 18.8 Å². The Balaban J connectivity index is 1.41. The van der Waals surface area contributed by atoms with Crippen LogP contribution in [-0.2, 0) is 14.4 Å². The van der Waals surface area contributed by atoms with Crippen molar-refractivity contribution in [3.63, 3.8) is 0 Å². The van der Waals surface area contributed by atoms with Gasteiger partial charge in [0.2, 0.25) is 17.7 Å². The van der Waals surface area contributed by atoms with Gasteiger partial charge in [-0.1, -0.05) is 0 Å². The number of likely N-dealkylation sites (tertiary alicyclic amines) is 1. The molecule has 0 aromatic carbocycles. The molecular weight excluding hydrogens is 331 g/mol. The van der Waals surface area contributed by atoms with E-state index in [0.717, 1.165) is 17.3 Å². The maximum absolute atomic E-state index is 12.8. The number of hydrogen-bond acceptors (Lipinski definition) is 6. The van der Waals surface area contributed by atoms with Crippen molar-refractivity contribution in [3.8, 4) is 6.01 Å². The molecule has 2 aliphatic rings. The molecule has 1 aliphatic carbocycles. The third-order valence-electron chi connectivity index (χ3n) is 4.36. The van der Waals surface area contributed by atoms with Gasteiger partial charge in [0.05, 0.1) is 12.4 Å². The fourth-order valence-corrected chi connectivity index (χ4v) is 3.05. The molecular formula is C16H19FN4O4. The van der Waals surface area contributed by atoms with Crippen LogP contribution in [0.2, 0.25) is 0 Å². The molecule has 25 heavy (non-hydrogen) atoms. The topological polar surface area (TPSA) is 101 Å². The fraction of sp³-hybridized carbons (Fsp3) is 0.562. The number of hydrogen-bond donors (Lipinski definition) is 1. The van der Waals surface area contributed by atoms with Gasteiger partial charge in [-0.05, 0) is 25.7 Å². The lowest BCUT2D eigenvalue weighted by atomic mass is 9.93. The highest BCUT2D eigenvalue weighted by Crippen LogP contribution is 2.22. The Hall–Kier alpha value is -2.58. The van der Waals surface area contributed by atoms with Gasteiger partial charge in [-0.15, -0.1) is 0 Å². The number of carbonyl (C=O) groups is 3. The zero-order chi connectivity index (χ0) is 17.8. The second-order valence-electron chi connectivity index (χ2n) is 6.22. The smallest absolute Gasteiger partial charge is 0.316 e. The first kappa shape index (κ1) is 17.2. The molecule has 0 unspecified atom stereocenters. The number of nitrogens with one attached hydrogen (secondary N) is 1. The number of imide groups is 1. The zero-order valence-corrected chi connectivity index (χ0v) is 13.6. The largest absolute Gasteiger partial charge is 0.460 e. The van der Waals surface area contributed by atoms with E-state index in [1.54, 1.807) is 0 Å². The number of carbonyl (C=O) groups excluding carboxylic acids is 3. The third kappa shape index (κ3) is 4.49. The van der Waals surface area contributed by atoms with Crippen molar-refractivity contribution in [1.29, 1.82) is 0 Å². The minimum atomic E-state index is -0.520. The minimum Gasteiger partial charge on any atom is -0.460 e. The lowest BCUT2D eigenvalue weighted by Gasteiger charge is -2.29. The van der Waals surface area contributed by atoms with E-state index in [0.29, 0.717) is 25.7 Å². The highest BCUT2D eigenvalue weighted by Gasteiger charge is 2.31. The molecule has 8 nitrogen and oxygen atoms in total. The number of amides is 3. The number of aromatic nitrogens is 2. The van der Waals surface area contributed by atoms with E-state index in [-0.39, 0.29) is 55.3 Å². The Labute approximate surface area is 143 Å². The summed E-state index contributed by atoms with van der Waals surface area (Å²) < 4.78 is 18.4. The van der Waals surface area contributed by atoms with Gasteiger partial charge in [-0.3, -0.25) is 19.3 Å². The lowest BCUT2D eigenvalue weighted by molar-refractivity contribution is -0.142. The molecule has 1 aromatic rings. The second kappa shape index (κ2) is 7.54. The maximum atomic E-state index is 12.8. The third-order valence-corrected chi connectivity index (χ3v) is 4.36. The van der Waals surface area contributed by atoms with Crippen LogP contribution >= 0.6 is 0 Å². The Bertz CT molecular complexity index is 643. The summed E-state index contributed by atoms with van der Waals surface area (Å²) in [4.78, 5) is 43.6. The number of nitrogens with zero attached hydrogens (tertiary/aromatic N) is 3. The van der Waals surface area contributed by atoms with E-state index >= 15 is 0 Å². The van der Waals surface area contributed by atoms with E-state index in [2.05, 4.69) is 15.3 Å². The summed E-state index contributed by atoms with van der Waals surface area (Å²) in [6, 6.07) is 0.120. The Morgan fingerprint density at radius 2 is 1.76 bits per heavy atom. The predicted molar refractivity (Wildman–Crippen MR) is 82.8 cm³/mol. The normalized spacial score (nSPS) is 23.6. The van der Waals surface area contributed by atoms with Crippen LogP contribution in [0.1, 0.15) is 38.5 Å². The molecule has 0 bridgehead atoms. The highest BCUT2D eigenvalue weighted by atomic mass is 19.1. The van der Waals surface area contributed by atoms with Crippen molar-refractivity contribution < 1.29 is 23.5 Å². The van der Waals surface area contributed by atoms with Crippen LogP contribution in [-0.4, -0.2) is 51.3 Å². The average molecular weight is 350 g/mol. The van der Waals surface area contributed by atoms with Crippen molar-refractivity contribution in [2.45, 2.75) is 50.7 Å². The van der Waals surface area contributed by atoms with E-state index in [1.165, 1.54) is 0 Å². The van der Waals surface area contributed by atoms with Gasteiger partial charge >= 0.3 is 6.01 Å². The summed E-state index contributed by atoms with van der Waals surface area (Å²) in [6.07, 6.45) is 5.20. The van der Waals surface area contributed by atoms with E-state index in [4.69, 9.17) is 4.74 Å². The Kier molecular flexibility index (Phi) is 5.20. The molecule has 0 atom stereocenters. The molecule has 0 spiro atoms. The second-order valence-corrected chi connectivity index (χ2v) is 6.22. The van der Waals surface area contributed by atoms with Crippen LogP contribution in [0.5, 0.6) is 6.01 Å². The van der Waals surface area contributed by atoms with Gasteiger partial charge in [0.15, 0.2) is 5.82 Å². The average Bonchev–Trinajstić information content (AvgIpc) is 2.90. The standard InChI is InChI=1S/C16H19FN4O4/c17-10-7-18-16(19-8-10)25-12-3-1-11(2-4-12)20-13(22)9-21-14(23)5-6-15(21)24/h7-8,11-12H,1-6,9H2,(H,20,22). The molecule has 2 fully saturated rings. The molecule has 3 rings (SSSR count). The SMILES string of the molecule is O=C(CN1C(=O)CCC1=O)NC1CCC(Oc2ncc(F)cn2)CC1. The first-order valence-corrected chi connectivity index (χ1v) is 8.28. The Morgan fingerprint density at radius 3 is 2.36 bits per heavy atom. The molecule has 3 amide bonds. The quantitative estimate of drug-likeness (QED) is 0.779. The summed E-state index contributed by atoms with van der Waals surface area (Å²) >= 11 is 0. The molecule has 1 aliphatic heterocycles. The van der Waals surface area contributed by atoms with Gasteiger partial charge in [0.25, 0.3) is 0 Å². The van der Waals surface area contributed by atoms with Gasteiger partial charge in [-0.25, -0.2) is 14.4 Å². The lowest BCUT2D eigenvalue weighted by Crippen LogP contribution is -2.45. The first-order valence-electron chi connectivity index (χ1n) is 8.28. The van der Waals surface area contributed by atoms with Crippen LogP contribution in [0.25, 0.3) is 0 Å². The summed E-state index contributed by atoms with van der Waals surface area (Å²) in [5.41, 5.74) is 0. The molecule has 2 heterocycles. The van der Waals surface area contributed by atoms with Crippen LogP contribution in [0.4, 0.5) is 4.39 Å². The van der Waals surface area contributed by atoms with E-state index in [1.807, 2.05) is 0 Å². The van der Waals surface area contributed by atoms with Crippen molar-refractivity contribution >= 4 is 17.7 Å². The minimum absolute atomic E-state index is 0.0192. The van der Waals surface area contributed by atoms with Gasteiger partial charge in [0, 0.05) is 18.9 Å². The summed E-state index contributed by atoms with van der Waals surface area (Å²) in [5, 5.41) is 2.86. The van der Waals surface area contributed by atoms with Crippen molar-refractivity contribution in [3.05, 3.63) is 18.2 Å². The summed E-state index contributed by atoms with van der Waals surface area (Å²) in [7, 11) is 0. The van der Waals surface area contributed by atoms with Gasteiger partial charge < -0.3 is 10.1 Å². The van der Waals surface area contributed by atoms with Crippen LogP contribution < -0.4 is 10.1 Å². The summed E-state index contributed by atoms with van der Waals surface area (Å²) in [6.45, 7) is -0.211. The summed E-state index contributed by atoms with van der Waals surface area (Å²) in [5.74, 6) is -1.43. The van der Waals surface area contributed by atoms with Crippen LogP contribution in [0.15, 0.2) is 12.4 Å². The molecule has 134 valence electrons. The van der Waals surface area contributed by atoms with Gasteiger partial charge in [0.1, 0.15) is 12.6 Å². The van der Waals surface area contributed by atoms with Crippen LogP contribution in [0.3, 0.4) is 0 Å². The molecule has 9 heteroatoms. The molecule has 1 saturated carbocycles. The van der Waals surface area contributed by atoms with Crippen molar-refractivity contribution in [2.24, 2.45) is 0 Å². The maximum Gasteiger partial charge on any atom is 0.316 e. The molecule has 1 saturated heterocycles. The number of halogens is 1. The molecule has 1 aromatic heterocycles. The first-order chi connectivity index (χ1) is 12.0. The molecule has 1 N–H and O–H groups in total. The van der Waals surface area contributed by atoms with Crippen molar-refractivity contribution in [2.75, 3.05) is 6.54 Å². The Morgan fingerprint density at radius 1 is 1.16 bits per heavy atom. The van der Waals surface area contributed by atoms with E-state index < -0.39 is 5.82 Å². The predicted octanol–water partition coefficient (Wildman–Crippen LogP) is 0.571. The number of rotatable bonds is 5.